The summed E-state index contributed by atoms with van der Waals surface area (Å²) < 4.78 is 5.30. The van der Waals surface area contributed by atoms with Gasteiger partial charge >= 0.3 is 0 Å². The number of hydrogen-bond acceptors (Lipinski definition) is 5. The number of nitrogens with zero attached hydrogens (tertiary/aromatic N) is 2. The molecule has 7 heteroatoms. The van der Waals surface area contributed by atoms with Crippen LogP contribution in [-0.4, -0.2) is 34.4 Å². The van der Waals surface area contributed by atoms with Crippen molar-refractivity contribution >= 4 is 34.4 Å². The molecular formula is C18H18N4O2S. The van der Waals surface area contributed by atoms with Crippen LogP contribution in [0.1, 0.15) is 12.5 Å². The maximum atomic E-state index is 12.0. The van der Waals surface area contributed by atoms with Gasteiger partial charge in [0.1, 0.15) is 5.75 Å². The molecule has 0 bridgehead atoms. The molecule has 1 heterocycles. The number of aromatic nitrogens is 2. The van der Waals surface area contributed by atoms with Gasteiger partial charge in [-0.05, 0) is 31.2 Å². The minimum Gasteiger partial charge on any atom is -0.496 e. The Bertz CT molecular complexity index is 887. The van der Waals surface area contributed by atoms with Crippen LogP contribution in [0.4, 0.5) is 0 Å². The predicted octanol–water partition coefficient (Wildman–Crippen LogP) is 3.20. The van der Waals surface area contributed by atoms with Crippen molar-refractivity contribution < 1.29 is 9.53 Å². The highest BCUT2D eigenvalue weighted by Gasteiger charge is 2.08. The Balaban J connectivity index is 1.58. The lowest BCUT2D eigenvalue weighted by Crippen LogP contribution is -2.21. The molecule has 3 aromatic rings. The van der Waals surface area contributed by atoms with Gasteiger partial charge in [0.25, 0.3) is 5.91 Å². The monoisotopic (exact) mass is 354 g/mol. The molecule has 1 amide bonds. The van der Waals surface area contributed by atoms with Crippen LogP contribution < -0.4 is 10.2 Å². The Hall–Kier alpha value is -2.80. The van der Waals surface area contributed by atoms with E-state index in [2.05, 4.69) is 20.5 Å². The van der Waals surface area contributed by atoms with Gasteiger partial charge in [-0.15, -0.1) is 0 Å². The van der Waals surface area contributed by atoms with E-state index in [0.717, 1.165) is 22.3 Å². The SMILES string of the molecule is COc1ccccc1/C(C)=N\NC(=O)CSc1nc2ccccc2[nH]1. The number of hydrogen-bond donors (Lipinski definition) is 2. The summed E-state index contributed by atoms with van der Waals surface area (Å²) in [5.41, 5.74) is 5.93. The molecule has 0 aliphatic heterocycles. The van der Waals surface area contributed by atoms with E-state index in [-0.39, 0.29) is 11.7 Å². The van der Waals surface area contributed by atoms with E-state index in [1.54, 1.807) is 7.11 Å². The number of benzene rings is 2. The number of fused-ring (bicyclic) bond motifs is 1. The zero-order valence-electron chi connectivity index (χ0n) is 13.9. The van der Waals surface area contributed by atoms with Crippen LogP contribution in [0, 0.1) is 0 Å². The van der Waals surface area contributed by atoms with Gasteiger partial charge < -0.3 is 9.72 Å². The van der Waals surface area contributed by atoms with Crippen LogP contribution in [0.2, 0.25) is 0 Å². The third-order valence-electron chi connectivity index (χ3n) is 3.55. The Kier molecular flexibility index (Phi) is 5.35. The number of ether oxygens (including phenoxy) is 1. The number of rotatable bonds is 6. The molecular weight excluding hydrogens is 336 g/mol. The third kappa shape index (κ3) is 4.19. The number of para-hydroxylation sites is 3. The number of aromatic amines is 1. The molecule has 0 radical (unpaired) electrons. The van der Waals surface area contributed by atoms with Crippen molar-refractivity contribution in [2.24, 2.45) is 5.10 Å². The molecule has 0 saturated heterocycles. The number of thioether (sulfide) groups is 1. The topological polar surface area (TPSA) is 79.4 Å². The molecule has 1 aromatic heterocycles. The summed E-state index contributed by atoms with van der Waals surface area (Å²) in [6.45, 7) is 1.82. The molecule has 0 aliphatic rings. The number of amides is 1. The summed E-state index contributed by atoms with van der Waals surface area (Å²) in [5, 5.41) is 4.86. The van der Waals surface area contributed by atoms with Crippen molar-refractivity contribution in [2.45, 2.75) is 12.1 Å². The molecule has 6 nitrogen and oxygen atoms in total. The van der Waals surface area contributed by atoms with Gasteiger partial charge in [0.05, 0.1) is 29.6 Å². The standard InChI is InChI=1S/C18H18N4O2S/c1-12(13-7-3-6-10-16(13)24-2)21-22-17(23)11-25-18-19-14-8-4-5-9-15(14)20-18/h3-10H,11H2,1-2H3,(H,19,20)(H,22,23)/b21-12-. The Morgan fingerprint density at radius 3 is 2.80 bits per heavy atom. The first kappa shape index (κ1) is 17.0. The lowest BCUT2D eigenvalue weighted by Gasteiger charge is -2.07. The second kappa shape index (κ2) is 7.85. The van der Waals surface area contributed by atoms with Crippen LogP contribution in [-0.2, 0) is 4.79 Å². The molecule has 25 heavy (non-hydrogen) atoms. The second-order valence-electron chi connectivity index (χ2n) is 5.28. The normalized spacial score (nSPS) is 11.5. The summed E-state index contributed by atoms with van der Waals surface area (Å²) in [6.07, 6.45) is 0. The highest BCUT2D eigenvalue weighted by atomic mass is 32.2. The number of methoxy groups -OCH3 is 1. The number of carbonyl (C=O) groups excluding carboxylic acids is 1. The number of hydrazone groups is 1. The Morgan fingerprint density at radius 1 is 1.24 bits per heavy atom. The lowest BCUT2D eigenvalue weighted by molar-refractivity contribution is -0.118. The van der Waals surface area contributed by atoms with Crippen LogP contribution in [0.3, 0.4) is 0 Å². The maximum absolute atomic E-state index is 12.0. The predicted molar refractivity (Wildman–Crippen MR) is 100 cm³/mol. The smallest absolute Gasteiger partial charge is 0.250 e. The average molecular weight is 354 g/mol. The molecule has 128 valence electrons. The summed E-state index contributed by atoms with van der Waals surface area (Å²) in [6, 6.07) is 15.3. The van der Waals surface area contributed by atoms with E-state index in [9.17, 15) is 4.79 Å². The van der Waals surface area contributed by atoms with Gasteiger partial charge in [-0.3, -0.25) is 4.79 Å². The average Bonchev–Trinajstić information content (AvgIpc) is 3.07. The second-order valence-corrected chi connectivity index (χ2v) is 6.24. The Morgan fingerprint density at radius 2 is 2.00 bits per heavy atom. The highest BCUT2D eigenvalue weighted by molar-refractivity contribution is 7.99. The van der Waals surface area contributed by atoms with Gasteiger partial charge in [-0.1, -0.05) is 36.0 Å². The molecule has 0 saturated carbocycles. The van der Waals surface area contributed by atoms with Crippen molar-refractivity contribution in [3.63, 3.8) is 0 Å². The minimum absolute atomic E-state index is 0.195. The van der Waals surface area contributed by atoms with Crippen LogP contribution >= 0.6 is 11.8 Å². The fraction of sp³-hybridized carbons (Fsp3) is 0.167. The summed E-state index contributed by atoms with van der Waals surface area (Å²) in [4.78, 5) is 19.6. The third-order valence-corrected chi connectivity index (χ3v) is 4.43. The molecule has 0 aliphatic carbocycles. The van der Waals surface area contributed by atoms with Crippen molar-refractivity contribution in [1.82, 2.24) is 15.4 Å². The van der Waals surface area contributed by atoms with E-state index in [1.807, 2.05) is 55.5 Å². The summed E-state index contributed by atoms with van der Waals surface area (Å²) in [7, 11) is 1.61. The van der Waals surface area contributed by atoms with Crippen LogP contribution in [0.25, 0.3) is 11.0 Å². The molecule has 0 unspecified atom stereocenters. The number of carbonyl (C=O) groups is 1. The fourth-order valence-electron chi connectivity index (χ4n) is 2.31. The maximum Gasteiger partial charge on any atom is 0.250 e. The van der Waals surface area contributed by atoms with Gasteiger partial charge in [0.2, 0.25) is 0 Å². The molecule has 0 spiro atoms. The van der Waals surface area contributed by atoms with Crippen molar-refractivity contribution in [3.8, 4) is 5.75 Å². The highest BCUT2D eigenvalue weighted by Crippen LogP contribution is 2.19. The van der Waals surface area contributed by atoms with E-state index in [0.29, 0.717) is 10.9 Å². The first-order valence-corrected chi connectivity index (χ1v) is 8.70. The van der Waals surface area contributed by atoms with Gasteiger partial charge in [-0.25, -0.2) is 10.4 Å². The van der Waals surface area contributed by atoms with E-state index < -0.39 is 0 Å². The number of H-pyrrole nitrogens is 1. The molecule has 2 N–H and O–H groups in total. The summed E-state index contributed by atoms with van der Waals surface area (Å²) >= 11 is 1.34. The zero-order chi connectivity index (χ0) is 17.6. The van der Waals surface area contributed by atoms with Crippen molar-refractivity contribution in [2.75, 3.05) is 12.9 Å². The molecule has 2 aromatic carbocycles. The van der Waals surface area contributed by atoms with Crippen molar-refractivity contribution in [1.29, 1.82) is 0 Å². The van der Waals surface area contributed by atoms with Crippen LogP contribution in [0.15, 0.2) is 58.8 Å². The molecule has 0 fully saturated rings. The number of imidazole rings is 1. The summed E-state index contributed by atoms with van der Waals surface area (Å²) in [5.74, 6) is 0.747. The van der Waals surface area contributed by atoms with E-state index in [4.69, 9.17) is 4.74 Å². The van der Waals surface area contributed by atoms with Gasteiger partial charge in [-0.2, -0.15) is 5.10 Å². The zero-order valence-corrected chi connectivity index (χ0v) is 14.8. The lowest BCUT2D eigenvalue weighted by atomic mass is 10.1. The van der Waals surface area contributed by atoms with Crippen LogP contribution in [0.5, 0.6) is 5.75 Å². The molecule has 0 atom stereocenters. The first-order chi connectivity index (χ1) is 12.2. The van der Waals surface area contributed by atoms with E-state index in [1.165, 1.54) is 11.8 Å². The first-order valence-electron chi connectivity index (χ1n) is 7.71. The minimum atomic E-state index is -0.195. The van der Waals surface area contributed by atoms with Gasteiger partial charge in [0.15, 0.2) is 5.16 Å². The largest absolute Gasteiger partial charge is 0.496 e. The number of nitrogens with one attached hydrogen (secondary N) is 2. The van der Waals surface area contributed by atoms with E-state index >= 15 is 0 Å². The quantitative estimate of drug-likeness (QED) is 0.405. The molecule has 3 rings (SSSR count). The Labute approximate surface area is 149 Å². The van der Waals surface area contributed by atoms with Crippen molar-refractivity contribution in [3.05, 3.63) is 54.1 Å². The van der Waals surface area contributed by atoms with Gasteiger partial charge in [0, 0.05) is 5.56 Å². The fourth-order valence-corrected chi connectivity index (χ4v) is 2.99.